The molecule has 0 aliphatic carbocycles. The van der Waals surface area contributed by atoms with Gasteiger partial charge in [0.2, 0.25) is 0 Å². The van der Waals surface area contributed by atoms with Crippen LogP contribution in [0.15, 0.2) is 35.2 Å². The highest BCUT2D eigenvalue weighted by molar-refractivity contribution is 7.91. The van der Waals surface area contributed by atoms with Crippen LogP contribution in [0.3, 0.4) is 0 Å². The maximum Gasteiger partial charge on any atom is 0.328 e. The number of halogens is 2. The summed E-state index contributed by atoms with van der Waals surface area (Å²) in [4.78, 5) is 34.9. The zero-order valence-corrected chi connectivity index (χ0v) is 21.1. The third-order valence-corrected chi connectivity index (χ3v) is 6.37. The number of nitrogens with zero attached hydrogens (tertiary/aromatic N) is 2. The summed E-state index contributed by atoms with van der Waals surface area (Å²) in [7, 11) is 0.257. The highest BCUT2D eigenvalue weighted by atomic mass is 35.5. The topological polar surface area (TPSA) is 144 Å². The van der Waals surface area contributed by atoms with E-state index in [0.29, 0.717) is 30.3 Å². The fourth-order valence-electron chi connectivity index (χ4n) is 2.23. The fraction of sp³-hybridized carbons (Fsp3) is 0.450. The predicted molar refractivity (Wildman–Crippen MR) is 127 cm³/mol. The first kappa shape index (κ1) is 30.7. The van der Waals surface area contributed by atoms with Gasteiger partial charge in [0.1, 0.15) is 0 Å². The lowest BCUT2D eigenvalue weighted by Crippen LogP contribution is -2.47. The molecule has 0 heterocycles. The smallest absolute Gasteiger partial charge is 0.328 e. The van der Waals surface area contributed by atoms with E-state index in [1.54, 1.807) is 0 Å². The Hall–Kier alpha value is -2.34. The number of urea groups is 1. The Labute approximate surface area is 203 Å². The number of rotatable bonds is 10. The van der Waals surface area contributed by atoms with Crippen molar-refractivity contribution in [2.45, 2.75) is 24.8 Å². The molecule has 13 heteroatoms. The summed E-state index contributed by atoms with van der Waals surface area (Å²) in [6.07, 6.45) is 1.12. The lowest BCUT2D eigenvalue weighted by atomic mass is 10.3. The number of nitrogens with one attached hydrogen (secondary N) is 1. The number of carboxylic acids is 2. The Kier molecular flexibility index (Phi) is 13.7. The summed E-state index contributed by atoms with van der Waals surface area (Å²) < 4.78 is 25.0. The van der Waals surface area contributed by atoms with Crippen molar-refractivity contribution < 1.29 is 33.0 Å². The molecule has 0 aliphatic heterocycles. The quantitative estimate of drug-likeness (QED) is 0.395. The van der Waals surface area contributed by atoms with Crippen LogP contribution in [0, 0.1) is 0 Å². The molecule has 0 saturated carbocycles. The van der Waals surface area contributed by atoms with Crippen LogP contribution >= 0.6 is 23.2 Å². The van der Waals surface area contributed by atoms with Crippen LogP contribution in [0.1, 0.15) is 13.8 Å². The molecule has 33 heavy (non-hydrogen) atoms. The van der Waals surface area contributed by atoms with Crippen molar-refractivity contribution in [3.63, 3.8) is 0 Å². The van der Waals surface area contributed by atoms with Crippen LogP contribution in [0.5, 0.6) is 0 Å². The Morgan fingerprint density at radius 1 is 1.03 bits per heavy atom. The Morgan fingerprint density at radius 2 is 1.58 bits per heavy atom. The third kappa shape index (κ3) is 13.1. The van der Waals surface area contributed by atoms with Gasteiger partial charge in [0.15, 0.2) is 9.84 Å². The van der Waals surface area contributed by atoms with E-state index in [9.17, 15) is 22.8 Å². The third-order valence-electron chi connectivity index (χ3n) is 3.94. The van der Waals surface area contributed by atoms with Crippen molar-refractivity contribution in [1.29, 1.82) is 0 Å². The molecule has 0 spiro atoms. The Morgan fingerprint density at radius 3 is 2.00 bits per heavy atom. The molecule has 0 aromatic heterocycles. The van der Waals surface area contributed by atoms with E-state index >= 15 is 0 Å². The van der Waals surface area contributed by atoms with E-state index in [1.807, 2.05) is 32.8 Å². The van der Waals surface area contributed by atoms with Gasteiger partial charge in [0, 0.05) is 37.8 Å². The van der Waals surface area contributed by atoms with E-state index in [1.165, 1.54) is 23.1 Å². The summed E-state index contributed by atoms with van der Waals surface area (Å²) in [6, 6.07) is 3.80. The molecule has 186 valence electrons. The van der Waals surface area contributed by atoms with E-state index in [4.69, 9.17) is 33.4 Å². The Bertz CT molecular complexity index is 935. The first-order valence-corrected chi connectivity index (χ1v) is 12.1. The van der Waals surface area contributed by atoms with Crippen LogP contribution < -0.4 is 5.32 Å². The Balaban J connectivity index is 0.00000109. The van der Waals surface area contributed by atoms with Crippen LogP contribution in [-0.2, 0) is 19.4 Å². The average Bonchev–Trinajstić information content (AvgIpc) is 2.68. The summed E-state index contributed by atoms with van der Waals surface area (Å²) in [6.45, 7) is 4.98. The number of hydrogen-bond donors (Lipinski definition) is 3. The first-order valence-electron chi connectivity index (χ1n) is 9.68. The van der Waals surface area contributed by atoms with Gasteiger partial charge in [0.25, 0.3) is 0 Å². The second-order valence-electron chi connectivity index (χ2n) is 7.23. The molecule has 0 bridgehead atoms. The summed E-state index contributed by atoms with van der Waals surface area (Å²) in [5.74, 6) is -2.70. The number of carboxylic acid groups (broad SMARTS) is 2. The number of amides is 2. The van der Waals surface area contributed by atoms with Gasteiger partial charge in [-0.05, 0) is 46.1 Å². The first-order chi connectivity index (χ1) is 15.2. The highest BCUT2D eigenvalue weighted by Crippen LogP contribution is 2.25. The number of likely N-dealkylation sites (N-methyl/N-ethyl adjacent to an activating group) is 1. The van der Waals surface area contributed by atoms with Gasteiger partial charge in [-0.1, -0.05) is 23.2 Å². The zero-order chi connectivity index (χ0) is 25.8. The molecular weight excluding hydrogens is 497 g/mol. The summed E-state index contributed by atoms with van der Waals surface area (Å²) in [5.41, 5.74) is 0. The predicted octanol–water partition coefficient (Wildman–Crippen LogP) is 2.46. The lowest BCUT2D eigenvalue weighted by molar-refractivity contribution is -0.134. The van der Waals surface area contributed by atoms with Crippen molar-refractivity contribution in [2.75, 3.05) is 39.5 Å². The molecule has 2 amide bonds. The van der Waals surface area contributed by atoms with Crippen LogP contribution in [0.25, 0.3) is 0 Å². The second-order valence-corrected chi connectivity index (χ2v) is 10.2. The molecule has 3 N–H and O–H groups in total. The SMILES string of the molecule is CC(C)N(CCS(=O)(=O)c1ccc(Cl)c(Cl)c1)C(=O)NCCN(C)C.O=C(O)/C=C\C(=O)O. The van der Waals surface area contributed by atoms with E-state index in [0.717, 1.165) is 0 Å². The number of sulfone groups is 1. The van der Waals surface area contributed by atoms with Gasteiger partial charge in [-0.3, -0.25) is 0 Å². The minimum Gasteiger partial charge on any atom is -0.478 e. The molecule has 0 radical (unpaired) electrons. The monoisotopic (exact) mass is 525 g/mol. The number of carbonyl (C=O) groups is 3. The number of hydrogen-bond acceptors (Lipinski definition) is 6. The van der Waals surface area contributed by atoms with Crippen LogP contribution in [0.4, 0.5) is 4.79 Å². The van der Waals surface area contributed by atoms with Crippen molar-refractivity contribution >= 4 is 51.0 Å². The van der Waals surface area contributed by atoms with E-state index in [-0.39, 0.29) is 34.3 Å². The highest BCUT2D eigenvalue weighted by Gasteiger charge is 2.22. The summed E-state index contributed by atoms with van der Waals surface area (Å²) in [5, 5.41) is 18.9. The van der Waals surface area contributed by atoms with Crippen LogP contribution in [0.2, 0.25) is 10.0 Å². The minimum atomic E-state index is -3.57. The summed E-state index contributed by atoms with van der Waals surface area (Å²) >= 11 is 11.7. The number of carbonyl (C=O) groups excluding carboxylic acids is 1. The molecule has 1 aromatic rings. The van der Waals surface area contributed by atoms with E-state index < -0.39 is 21.8 Å². The molecule has 1 aromatic carbocycles. The molecule has 0 atom stereocenters. The molecule has 0 fully saturated rings. The molecule has 0 saturated heterocycles. The number of benzene rings is 1. The molecule has 1 rings (SSSR count). The molecule has 0 aliphatic rings. The van der Waals surface area contributed by atoms with Gasteiger partial charge in [-0.25, -0.2) is 22.8 Å². The fourth-order valence-corrected chi connectivity index (χ4v) is 3.84. The maximum atomic E-state index is 12.5. The maximum absolute atomic E-state index is 12.5. The second kappa shape index (κ2) is 14.7. The van der Waals surface area contributed by atoms with Gasteiger partial charge in [0.05, 0.1) is 20.7 Å². The van der Waals surface area contributed by atoms with Gasteiger partial charge >= 0.3 is 18.0 Å². The molecular formula is C20H29Cl2N3O7S. The van der Waals surface area contributed by atoms with Crippen molar-refractivity contribution in [3.05, 3.63) is 40.4 Å². The standard InChI is InChI=1S/C16H25Cl2N3O3S.C4H4O4/c1-12(2)21(16(22)19-7-8-20(3)4)9-10-25(23,24)13-5-6-14(17)15(18)11-13;5-3(6)1-2-4(7)8/h5-6,11-12H,7-10H2,1-4H3,(H,19,22);1-2H,(H,5,6)(H,7,8)/b;2-1-. The lowest BCUT2D eigenvalue weighted by Gasteiger charge is -2.27. The van der Waals surface area contributed by atoms with Gasteiger partial charge < -0.3 is 25.3 Å². The van der Waals surface area contributed by atoms with Gasteiger partial charge in [-0.15, -0.1) is 0 Å². The molecule has 0 unspecified atom stereocenters. The largest absolute Gasteiger partial charge is 0.478 e. The zero-order valence-electron chi connectivity index (χ0n) is 18.8. The van der Waals surface area contributed by atoms with Crippen molar-refractivity contribution in [1.82, 2.24) is 15.1 Å². The number of aliphatic carboxylic acids is 2. The minimum absolute atomic E-state index is 0.0913. The van der Waals surface area contributed by atoms with Crippen molar-refractivity contribution in [3.8, 4) is 0 Å². The van der Waals surface area contributed by atoms with Crippen molar-refractivity contribution in [2.24, 2.45) is 0 Å². The van der Waals surface area contributed by atoms with Gasteiger partial charge in [-0.2, -0.15) is 0 Å². The average molecular weight is 526 g/mol. The molecule has 10 nitrogen and oxygen atoms in total. The van der Waals surface area contributed by atoms with E-state index in [2.05, 4.69) is 5.32 Å². The van der Waals surface area contributed by atoms with Crippen LogP contribution in [-0.4, -0.2) is 91.9 Å². The normalized spacial score (nSPS) is 11.3.